The molecule has 1 aliphatic heterocycles. The van der Waals surface area contributed by atoms with E-state index in [0.29, 0.717) is 62.6 Å². The molecule has 0 aromatic carbocycles. The van der Waals surface area contributed by atoms with Crippen LogP contribution in [0.5, 0.6) is 0 Å². The second-order valence-corrected chi connectivity index (χ2v) is 9.36. The van der Waals surface area contributed by atoms with E-state index in [2.05, 4.69) is 12.6 Å². The van der Waals surface area contributed by atoms with Gasteiger partial charge in [0.25, 0.3) is 0 Å². The van der Waals surface area contributed by atoms with Gasteiger partial charge in [0.1, 0.15) is 6.61 Å². The number of fused-ring (bicyclic) bond motifs is 1. The first kappa shape index (κ1) is 25.5. The lowest BCUT2D eigenvalue weighted by molar-refractivity contribution is -0.146. The number of carbonyl (C=O) groups excluding carboxylic acids is 3. The van der Waals surface area contributed by atoms with E-state index < -0.39 is 0 Å². The van der Waals surface area contributed by atoms with E-state index in [1.54, 1.807) is 11.8 Å². The first-order valence-electron chi connectivity index (χ1n) is 10.8. The van der Waals surface area contributed by atoms with Crippen molar-refractivity contribution in [2.75, 3.05) is 43.7 Å². The number of rotatable bonds is 18. The number of esters is 2. The lowest BCUT2D eigenvalue weighted by Crippen LogP contribution is -2.15. The zero-order chi connectivity index (χ0) is 21.6. The van der Waals surface area contributed by atoms with Crippen molar-refractivity contribution in [1.29, 1.82) is 0 Å². The highest BCUT2D eigenvalue weighted by atomic mass is 32.2. The molecule has 0 bridgehead atoms. The maximum Gasteiger partial charge on any atom is 0.305 e. The molecule has 0 spiro atoms. The summed E-state index contributed by atoms with van der Waals surface area (Å²) in [4.78, 5) is 34.8. The van der Waals surface area contributed by atoms with Crippen LogP contribution in [0, 0.1) is 5.92 Å². The van der Waals surface area contributed by atoms with Crippen LogP contribution in [0.3, 0.4) is 0 Å². The SMILES string of the molecule is O=C(CCSCCCC(=O)OCCCOC(=O)CCCS)COCC1CC2OC2C1. The molecule has 1 aliphatic carbocycles. The van der Waals surface area contributed by atoms with Crippen LogP contribution in [0.1, 0.15) is 51.4 Å². The monoisotopic (exact) mass is 462 g/mol. The van der Waals surface area contributed by atoms with Gasteiger partial charge in [-0.25, -0.2) is 0 Å². The van der Waals surface area contributed by atoms with Gasteiger partial charge in [-0.15, -0.1) is 0 Å². The minimum atomic E-state index is -0.239. The first-order chi connectivity index (χ1) is 14.6. The molecular weight excluding hydrogens is 428 g/mol. The highest BCUT2D eigenvalue weighted by molar-refractivity contribution is 7.99. The Labute approximate surface area is 188 Å². The van der Waals surface area contributed by atoms with E-state index in [0.717, 1.165) is 30.8 Å². The molecule has 7 nitrogen and oxygen atoms in total. The van der Waals surface area contributed by atoms with Gasteiger partial charge < -0.3 is 18.9 Å². The molecule has 30 heavy (non-hydrogen) atoms. The van der Waals surface area contributed by atoms with Crippen molar-refractivity contribution in [3.63, 3.8) is 0 Å². The molecule has 0 aromatic heterocycles. The number of Topliss-reactive ketones (excluding diaryl/α,β-unsaturated/α-hetero) is 1. The minimum Gasteiger partial charge on any atom is -0.466 e. The van der Waals surface area contributed by atoms with E-state index in [4.69, 9.17) is 18.9 Å². The molecule has 1 saturated carbocycles. The Balaban J connectivity index is 1.30. The Bertz CT molecular complexity index is 533. The first-order valence-corrected chi connectivity index (χ1v) is 12.6. The van der Waals surface area contributed by atoms with Crippen LogP contribution in [-0.4, -0.2) is 73.6 Å². The summed E-state index contributed by atoms with van der Waals surface area (Å²) in [6, 6.07) is 0. The van der Waals surface area contributed by atoms with Crippen LogP contribution in [0.4, 0.5) is 0 Å². The van der Waals surface area contributed by atoms with E-state index in [1.165, 1.54) is 0 Å². The molecule has 172 valence electrons. The summed E-state index contributed by atoms with van der Waals surface area (Å²) in [6.07, 6.45) is 6.22. The predicted molar refractivity (Wildman–Crippen MR) is 118 cm³/mol. The molecule has 2 atom stereocenters. The molecule has 0 radical (unpaired) electrons. The molecule has 0 aromatic rings. The lowest BCUT2D eigenvalue weighted by atomic mass is 10.1. The van der Waals surface area contributed by atoms with Crippen LogP contribution < -0.4 is 0 Å². The number of carbonyl (C=O) groups is 3. The quantitative estimate of drug-likeness (QED) is 0.144. The number of hydrogen-bond acceptors (Lipinski definition) is 9. The Morgan fingerprint density at radius 2 is 1.57 bits per heavy atom. The molecule has 2 rings (SSSR count). The third kappa shape index (κ3) is 11.6. The second kappa shape index (κ2) is 15.1. The fourth-order valence-electron chi connectivity index (χ4n) is 3.30. The van der Waals surface area contributed by atoms with Crippen molar-refractivity contribution in [3.05, 3.63) is 0 Å². The summed E-state index contributed by atoms with van der Waals surface area (Å²) in [5.41, 5.74) is 0. The zero-order valence-corrected chi connectivity index (χ0v) is 19.3. The third-order valence-electron chi connectivity index (χ3n) is 4.98. The van der Waals surface area contributed by atoms with E-state index >= 15 is 0 Å². The van der Waals surface area contributed by atoms with Crippen LogP contribution in [0.15, 0.2) is 0 Å². The Morgan fingerprint density at radius 3 is 2.23 bits per heavy atom. The summed E-state index contributed by atoms with van der Waals surface area (Å²) >= 11 is 5.70. The smallest absolute Gasteiger partial charge is 0.305 e. The summed E-state index contributed by atoms with van der Waals surface area (Å²) in [5.74, 6) is 2.43. The molecular formula is C21H34O7S2. The van der Waals surface area contributed by atoms with Crippen LogP contribution >= 0.6 is 24.4 Å². The Kier molecular flexibility index (Phi) is 12.8. The highest BCUT2D eigenvalue weighted by Gasteiger charge is 2.47. The van der Waals surface area contributed by atoms with Gasteiger partial charge in [0, 0.05) is 31.4 Å². The van der Waals surface area contributed by atoms with Gasteiger partial charge in [0.05, 0.1) is 32.0 Å². The highest BCUT2D eigenvalue weighted by Crippen LogP contribution is 2.42. The molecule has 1 heterocycles. The molecule has 9 heteroatoms. The molecule has 0 amide bonds. The number of epoxide rings is 1. The fraction of sp³-hybridized carbons (Fsp3) is 0.857. The number of thiol groups is 1. The van der Waals surface area contributed by atoms with Crippen molar-refractivity contribution in [2.24, 2.45) is 5.92 Å². The maximum atomic E-state index is 11.8. The van der Waals surface area contributed by atoms with Crippen molar-refractivity contribution in [2.45, 2.75) is 63.6 Å². The zero-order valence-electron chi connectivity index (χ0n) is 17.6. The third-order valence-corrected chi connectivity index (χ3v) is 6.37. The number of ketones is 1. The maximum absolute atomic E-state index is 11.8. The van der Waals surface area contributed by atoms with Gasteiger partial charge in [-0.05, 0) is 43.1 Å². The van der Waals surface area contributed by atoms with Crippen LogP contribution in [0.2, 0.25) is 0 Å². The van der Waals surface area contributed by atoms with Crippen LogP contribution in [0.25, 0.3) is 0 Å². The lowest BCUT2D eigenvalue weighted by Gasteiger charge is -2.11. The van der Waals surface area contributed by atoms with Gasteiger partial charge in [-0.1, -0.05) is 0 Å². The average molecular weight is 463 g/mol. The minimum absolute atomic E-state index is 0.132. The van der Waals surface area contributed by atoms with Crippen molar-refractivity contribution in [1.82, 2.24) is 0 Å². The van der Waals surface area contributed by atoms with Crippen molar-refractivity contribution in [3.8, 4) is 0 Å². The van der Waals surface area contributed by atoms with E-state index in [-0.39, 0.29) is 37.5 Å². The normalized spacial score (nSPS) is 21.8. The average Bonchev–Trinajstić information content (AvgIpc) is 3.34. The van der Waals surface area contributed by atoms with Crippen LogP contribution in [-0.2, 0) is 33.3 Å². The predicted octanol–water partition coefficient (Wildman–Crippen LogP) is 2.84. The molecule has 0 N–H and O–H groups in total. The van der Waals surface area contributed by atoms with Crippen molar-refractivity contribution < 1.29 is 33.3 Å². The molecule has 2 unspecified atom stereocenters. The number of hydrogen-bond donors (Lipinski definition) is 1. The van der Waals surface area contributed by atoms with Gasteiger partial charge >= 0.3 is 11.9 Å². The number of thioether (sulfide) groups is 1. The van der Waals surface area contributed by atoms with E-state index in [9.17, 15) is 14.4 Å². The molecule has 2 aliphatic rings. The largest absolute Gasteiger partial charge is 0.466 e. The standard InChI is InChI=1S/C21H34O7S2/c22-17(15-25-14-16-12-18-19(13-16)28-18)6-11-30-10-2-5-21(24)27-8-3-7-26-20(23)4-1-9-29/h16,18-19,29H,1-15H2. The topological polar surface area (TPSA) is 91.4 Å². The Hall–Kier alpha value is -0.770. The summed E-state index contributed by atoms with van der Waals surface area (Å²) < 4.78 is 21.1. The van der Waals surface area contributed by atoms with Crippen molar-refractivity contribution >= 4 is 42.1 Å². The summed E-state index contributed by atoms with van der Waals surface area (Å²) in [5, 5.41) is 0. The van der Waals surface area contributed by atoms with Gasteiger partial charge in [-0.3, -0.25) is 14.4 Å². The van der Waals surface area contributed by atoms with Gasteiger partial charge in [0.15, 0.2) is 5.78 Å². The summed E-state index contributed by atoms with van der Waals surface area (Å²) in [7, 11) is 0. The molecule has 2 fully saturated rings. The fourth-order valence-corrected chi connectivity index (χ4v) is 4.38. The molecule has 1 saturated heterocycles. The van der Waals surface area contributed by atoms with E-state index in [1.807, 2.05) is 0 Å². The summed E-state index contributed by atoms with van der Waals surface area (Å²) in [6.45, 7) is 1.39. The van der Waals surface area contributed by atoms with Gasteiger partial charge in [0.2, 0.25) is 0 Å². The Morgan fingerprint density at radius 1 is 0.900 bits per heavy atom. The number of ether oxygens (including phenoxy) is 4. The second-order valence-electron chi connectivity index (χ2n) is 7.69. The van der Waals surface area contributed by atoms with Gasteiger partial charge in [-0.2, -0.15) is 24.4 Å².